The van der Waals surface area contributed by atoms with Crippen LogP contribution in [0, 0.1) is 27.7 Å². The van der Waals surface area contributed by atoms with Crippen molar-refractivity contribution in [3.63, 3.8) is 0 Å². The standard InChI is InChI=1S/C13H15NO/c1-7-5-8(2)12-9(3)10(4)13(15)14-11(12)6-7/h5-6H,1-4H3,(H,14,15). The molecule has 0 unspecified atom stereocenters. The van der Waals surface area contributed by atoms with Crippen LogP contribution in [0.15, 0.2) is 16.9 Å². The minimum Gasteiger partial charge on any atom is -0.322 e. The molecule has 0 bridgehead atoms. The number of hydrogen-bond acceptors (Lipinski definition) is 1. The van der Waals surface area contributed by atoms with Crippen LogP contribution in [0.5, 0.6) is 0 Å². The molecule has 0 aliphatic heterocycles. The summed E-state index contributed by atoms with van der Waals surface area (Å²) in [4.78, 5) is 14.5. The quantitative estimate of drug-likeness (QED) is 0.698. The van der Waals surface area contributed by atoms with Gasteiger partial charge in [0.1, 0.15) is 0 Å². The van der Waals surface area contributed by atoms with Crippen LogP contribution >= 0.6 is 0 Å². The molecule has 0 saturated heterocycles. The van der Waals surface area contributed by atoms with Gasteiger partial charge in [-0.1, -0.05) is 6.07 Å². The first-order chi connectivity index (χ1) is 7.00. The van der Waals surface area contributed by atoms with Crippen molar-refractivity contribution in [3.05, 3.63) is 44.7 Å². The van der Waals surface area contributed by atoms with Gasteiger partial charge in [-0.05, 0) is 50.5 Å². The first-order valence-corrected chi connectivity index (χ1v) is 5.11. The number of fused-ring (bicyclic) bond motifs is 1. The van der Waals surface area contributed by atoms with Crippen molar-refractivity contribution in [1.29, 1.82) is 0 Å². The minimum absolute atomic E-state index is 0.0185. The number of nitrogens with one attached hydrogen (secondary N) is 1. The van der Waals surface area contributed by atoms with Gasteiger partial charge in [0, 0.05) is 16.5 Å². The Hall–Kier alpha value is -1.57. The molecule has 2 aromatic rings. The van der Waals surface area contributed by atoms with Gasteiger partial charge in [-0.2, -0.15) is 0 Å². The fourth-order valence-electron chi connectivity index (χ4n) is 2.14. The second kappa shape index (κ2) is 3.23. The van der Waals surface area contributed by atoms with E-state index in [0.29, 0.717) is 0 Å². The van der Waals surface area contributed by atoms with Crippen LogP contribution in [-0.4, -0.2) is 4.98 Å². The first-order valence-electron chi connectivity index (χ1n) is 5.11. The van der Waals surface area contributed by atoms with E-state index in [0.717, 1.165) is 16.6 Å². The van der Waals surface area contributed by atoms with Crippen molar-refractivity contribution < 1.29 is 0 Å². The third kappa shape index (κ3) is 1.46. The minimum atomic E-state index is 0.0185. The van der Waals surface area contributed by atoms with Gasteiger partial charge >= 0.3 is 0 Å². The summed E-state index contributed by atoms with van der Waals surface area (Å²) < 4.78 is 0. The van der Waals surface area contributed by atoms with Crippen LogP contribution in [0.1, 0.15) is 22.3 Å². The number of rotatable bonds is 0. The van der Waals surface area contributed by atoms with E-state index < -0.39 is 0 Å². The van der Waals surface area contributed by atoms with E-state index >= 15 is 0 Å². The summed E-state index contributed by atoms with van der Waals surface area (Å²) in [6.07, 6.45) is 0. The molecule has 0 aliphatic carbocycles. The van der Waals surface area contributed by atoms with E-state index in [1.165, 1.54) is 16.5 Å². The summed E-state index contributed by atoms with van der Waals surface area (Å²) in [7, 11) is 0. The van der Waals surface area contributed by atoms with Crippen molar-refractivity contribution in [3.8, 4) is 0 Å². The molecule has 2 nitrogen and oxygen atoms in total. The van der Waals surface area contributed by atoms with Gasteiger partial charge in [0.2, 0.25) is 0 Å². The number of pyridine rings is 1. The molecular formula is C13H15NO. The van der Waals surface area contributed by atoms with E-state index in [9.17, 15) is 4.79 Å². The maximum absolute atomic E-state index is 11.6. The molecule has 0 radical (unpaired) electrons. The molecule has 2 heteroatoms. The average molecular weight is 201 g/mol. The second-order valence-electron chi connectivity index (χ2n) is 4.21. The molecule has 0 fully saturated rings. The molecule has 1 heterocycles. The highest BCUT2D eigenvalue weighted by molar-refractivity contribution is 5.86. The van der Waals surface area contributed by atoms with Crippen molar-refractivity contribution in [2.75, 3.05) is 0 Å². The highest BCUT2D eigenvalue weighted by Crippen LogP contribution is 2.22. The fraction of sp³-hybridized carbons (Fsp3) is 0.308. The van der Waals surface area contributed by atoms with Gasteiger partial charge in [-0.15, -0.1) is 0 Å². The molecular weight excluding hydrogens is 186 g/mol. The molecule has 0 atom stereocenters. The summed E-state index contributed by atoms with van der Waals surface area (Å²) in [5.41, 5.74) is 5.27. The summed E-state index contributed by atoms with van der Waals surface area (Å²) in [5, 5.41) is 1.18. The summed E-state index contributed by atoms with van der Waals surface area (Å²) in [6.45, 7) is 8.00. The van der Waals surface area contributed by atoms with Crippen LogP contribution in [0.3, 0.4) is 0 Å². The molecule has 2 rings (SSSR count). The second-order valence-corrected chi connectivity index (χ2v) is 4.21. The van der Waals surface area contributed by atoms with E-state index in [1.807, 2.05) is 26.8 Å². The Morgan fingerprint density at radius 1 is 1.00 bits per heavy atom. The predicted molar refractivity (Wildman–Crippen MR) is 63.5 cm³/mol. The van der Waals surface area contributed by atoms with Gasteiger partial charge in [0.05, 0.1) is 0 Å². The zero-order chi connectivity index (χ0) is 11.2. The van der Waals surface area contributed by atoms with Gasteiger partial charge < -0.3 is 4.98 Å². The first kappa shape index (κ1) is 9.97. The van der Waals surface area contributed by atoms with Crippen LogP contribution in [0.2, 0.25) is 0 Å². The van der Waals surface area contributed by atoms with Crippen molar-refractivity contribution in [2.45, 2.75) is 27.7 Å². The lowest BCUT2D eigenvalue weighted by atomic mass is 9.99. The fourth-order valence-corrected chi connectivity index (χ4v) is 2.14. The normalized spacial score (nSPS) is 10.9. The molecule has 1 aromatic heterocycles. The molecule has 0 spiro atoms. The molecule has 15 heavy (non-hydrogen) atoms. The maximum Gasteiger partial charge on any atom is 0.251 e. The largest absolute Gasteiger partial charge is 0.322 e. The van der Waals surface area contributed by atoms with Crippen LogP contribution < -0.4 is 5.56 Å². The third-order valence-electron chi connectivity index (χ3n) is 3.01. The Morgan fingerprint density at radius 3 is 2.33 bits per heavy atom. The van der Waals surface area contributed by atoms with E-state index in [4.69, 9.17) is 0 Å². The molecule has 0 aliphatic rings. The lowest BCUT2D eigenvalue weighted by molar-refractivity contribution is 1.19. The van der Waals surface area contributed by atoms with Gasteiger partial charge in [-0.3, -0.25) is 4.79 Å². The average Bonchev–Trinajstić information content (AvgIpc) is 2.13. The predicted octanol–water partition coefficient (Wildman–Crippen LogP) is 2.76. The molecule has 0 amide bonds. The number of aromatic amines is 1. The number of benzene rings is 1. The van der Waals surface area contributed by atoms with E-state index in [2.05, 4.69) is 18.0 Å². The highest BCUT2D eigenvalue weighted by Gasteiger charge is 2.07. The summed E-state index contributed by atoms with van der Waals surface area (Å²) in [6, 6.07) is 4.17. The lowest BCUT2D eigenvalue weighted by Crippen LogP contribution is -2.11. The van der Waals surface area contributed by atoms with Crippen LogP contribution in [0.4, 0.5) is 0 Å². The highest BCUT2D eigenvalue weighted by atomic mass is 16.1. The molecule has 1 aromatic carbocycles. The van der Waals surface area contributed by atoms with Gasteiger partial charge in [0.25, 0.3) is 5.56 Å². The zero-order valence-electron chi connectivity index (χ0n) is 9.56. The number of aromatic nitrogens is 1. The lowest BCUT2D eigenvalue weighted by Gasteiger charge is -2.09. The molecule has 0 saturated carbocycles. The Labute approximate surface area is 89.0 Å². The molecule has 1 N–H and O–H groups in total. The Balaban J connectivity index is 3.05. The molecule has 78 valence electrons. The smallest absolute Gasteiger partial charge is 0.251 e. The van der Waals surface area contributed by atoms with Gasteiger partial charge in [0.15, 0.2) is 0 Å². The Bertz CT molecular complexity index is 593. The maximum atomic E-state index is 11.6. The Kier molecular flexibility index (Phi) is 2.14. The summed E-state index contributed by atoms with van der Waals surface area (Å²) >= 11 is 0. The van der Waals surface area contributed by atoms with Crippen molar-refractivity contribution in [1.82, 2.24) is 4.98 Å². The van der Waals surface area contributed by atoms with Gasteiger partial charge in [-0.25, -0.2) is 0 Å². The van der Waals surface area contributed by atoms with E-state index in [1.54, 1.807) is 0 Å². The van der Waals surface area contributed by atoms with Crippen LogP contribution in [0.25, 0.3) is 10.9 Å². The van der Waals surface area contributed by atoms with Crippen molar-refractivity contribution in [2.24, 2.45) is 0 Å². The topological polar surface area (TPSA) is 32.9 Å². The van der Waals surface area contributed by atoms with E-state index in [-0.39, 0.29) is 5.56 Å². The zero-order valence-corrected chi connectivity index (χ0v) is 9.56. The SMILES string of the molecule is Cc1cc(C)c2c(C)c(C)c(=O)[nH]c2c1. The number of hydrogen-bond donors (Lipinski definition) is 1. The Morgan fingerprint density at radius 2 is 1.67 bits per heavy atom. The summed E-state index contributed by atoms with van der Waals surface area (Å²) in [5.74, 6) is 0. The number of H-pyrrole nitrogens is 1. The monoisotopic (exact) mass is 201 g/mol. The number of aryl methyl sites for hydroxylation is 3. The third-order valence-corrected chi connectivity index (χ3v) is 3.01. The van der Waals surface area contributed by atoms with Crippen molar-refractivity contribution >= 4 is 10.9 Å². The van der Waals surface area contributed by atoms with Crippen LogP contribution in [-0.2, 0) is 0 Å².